The normalized spacial score (nSPS) is 13.3. The first-order valence-corrected chi connectivity index (χ1v) is 12.2. The van der Waals surface area contributed by atoms with Gasteiger partial charge in [-0.1, -0.05) is 24.3 Å². The molecule has 1 aliphatic rings. The minimum Gasteiger partial charge on any atom is -0.476 e. The number of aryl methyl sites for hydroxylation is 1. The van der Waals surface area contributed by atoms with E-state index >= 15 is 0 Å². The summed E-state index contributed by atoms with van der Waals surface area (Å²) in [5.74, 6) is 1.40. The summed E-state index contributed by atoms with van der Waals surface area (Å²) >= 11 is 0. The van der Waals surface area contributed by atoms with Crippen LogP contribution in [-0.4, -0.2) is 62.6 Å². The van der Waals surface area contributed by atoms with Gasteiger partial charge in [-0.15, -0.1) is 0 Å². The zero-order valence-corrected chi connectivity index (χ0v) is 21.6. The van der Waals surface area contributed by atoms with Crippen LogP contribution in [0.25, 0.3) is 22.8 Å². The number of fused-ring (bicyclic) bond motifs is 1. The average molecular weight is 538 g/mol. The van der Waals surface area contributed by atoms with Gasteiger partial charge in [0.1, 0.15) is 18.2 Å². The van der Waals surface area contributed by atoms with E-state index in [2.05, 4.69) is 15.0 Å². The van der Waals surface area contributed by atoms with Crippen molar-refractivity contribution in [2.75, 3.05) is 32.1 Å². The van der Waals surface area contributed by atoms with Crippen LogP contribution >= 0.6 is 0 Å². The maximum atomic E-state index is 13.1. The van der Waals surface area contributed by atoms with Crippen LogP contribution in [0.15, 0.2) is 55.0 Å². The molecular formula is C27H26F3N7O2. The first-order valence-electron chi connectivity index (χ1n) is 12.2. The Morgan fingerprint density at radius 1 is 1.08 bits per heavy atom. The van der Waals surface area contributed by atoms with Crippen LogP contribution in [0.1, 0.15) is 16.8 Å². The van der Waals surface area contributed by atoms with E-state index in [1.54, 1.807) is 47.6 Å². The van der Waals surface area contributed by atoms with Crippen molar-refractivity contribution in [2.24, 2.45) is 7.05 Å². The molecule has 4 heterocycles. The van der Waals surface area contributed by atoms with Crippen LogP contribution in [0, 0.1) is 0 Å². The molecule has 0 aliphatic carbocycles. The molecule has 0 atom stereocenters. The molecule has 0 radical (unpaired) electrons. The summed E-state index contributed by atoms with van der Waals surface area (Å²) in [7, 11) is 5.42. The number of nitrogens with zero attached hydrogens (tertiary/aromatic N) is 7. The lowest BCUT2D eigenvalue weighted by molar-refractivity contribution is -0.140. The molecule has 0 saturated carbocycles. The molecular weight excluding hydrogens is 511 g/mol. The zero-order valence-electron chi connectivity index (χ0n) is 21.6. The minimum absolute atomic E-state index is 0.118. The Labute approximate surface area is 222 Å². The highest BCUT2D eigenvalue weighted by Gasteiger charge is 2.34. The maximum absolute atomic E-state index is 13.1. The molecule has 5 rings (SSSR count). The minimum atomic E-state index is -4.52. The van der Waals surface area contributed by atoms with Crippen molar-refractivity contribution >= 4 is 11.7 Å². The third-order valence-corrected chi connectivity index (χ3v) is 6.25. The van der Waals surface area contributed by atoms with Crippen LogP contribution in [0.5, 0.6) is 5.88 Å². The summed E-state index contributed by atoms with van der Waals surface area (Å²) in [6.45, 7) is 1.40. The molecule has 202 valence electrons. The van der Waals surface area contributed by atoms with Crippen LogP contribution in [0.3, 0.4) is 0 Å². The highest BCUT2D eigenvalue weighted by atomic mass is 19.4. The van der Waals surface area contributed by atoms with E-state index < -0.39 is 11.9 Å². The second-order valence-electron chi connectivity index (χ2n) is 9.46. The summed E-state index contributed by atoms with van der Waals surface area (Å²) in [6, 6.07) is 10.5. The molecule has 3 aromatic heterocycles. The predicted molar refractivity (Wildman–Crippen MR) is 138 cm³/mol. The number of carbonyl (C=O) groups is 1. The standard InChI is InChI=1S/C27H26F3N7O2/c1-35(2)11-12-39-26-20(5-4-10-31-26)23-32-14-19-13-22(38)37(25(19)34-23)15-17-6-8-18(9-7-17)24-33-21(16-36(24)3)27(28,29)30/h4-10,14,16H,11-13,15H2,1-3H3. The van der Waals surface area contributed by atoms with Gasteiger partial charge in [0.15, 0.2) is 11.5 Å². The number of aromatic nitrogens is 5. The Balaban J connectivity index is 1.37. The van der Waals surface area contributed by atoms with Crippen molar-refractivity contribution in [3.63, 3.8) is 0 Å². The number of likely N-dealkylation sites (N-methyl/N-ethyl adjacent to an activating group) is 1. The number of hydrogen-bond acceptors (Lipinski definition) is 7. The topological polar surface area (TPSA) is 89.3 Å². The zero-order chi connectivity index (χ0) is 27.7. The second-order valence-corrected chi connectivity index (χ2v) is 9.46. The molecule has 12 heteroatoms. The quantitative estimate of drug-likeness (QED) is 0.336. The molecule has 9 nitrogen and oxygen atoms in total. The van der Waals surface area contributed by atoms with Gasteiger partial charge in [0.05, 0.1) is 18.5 Å². The molecule has 0 N–H and O–H groups in total. The number of imidazole rings is 1. The maximum Gasteiger partial charge on any atom is 0.434 e. The van der Waals surface area contributed by atoms with Crippen molar-refractivity contribution in [3.05, 3.63) is 71.8 Å². The fourth-order valence-corrected chi connectivity index (χ4v) is 4.24. The highest BCUT2D eigenvalue weighted by Crippen LogP contribution is 2.33. The Kier molecular flexibility index (Phi) is 7.04. The van der Waals surface area contributed by atoms with E-state index in [9.17, 15) is 18.0 Å². The first kappa shape index (κ1) is 26.3. The third kappa shape index (κ3) is 5.60. The summed E-state index contributed by atoms with van der Waals surface area (Å²) < 4.78 is 46.4. The molecule has 4 aromatic rings. The summed E-state index contributed by atoms with van der Waals surface area (Å²) in [4.78, 5) is 33.7. The van der Waals surface area contributed by atoms with E-state index in [0.717, 1.165) is 11.8 Å². The number of alkyl halides is 3. The summed E-state index contributed by atoms with van der Waals surface area (Å²) in [6.07, 6.45) is -0.0956. The van der Waals surface area contributed by atoms with Gasteiger partial charge in [0.2, 0.25) is 11.8 Å². The van der Waals surface area contributed by atoms with Gasteiger partial charge in [-0.25, -0.2) is 19.9 Å². The molecule has 0 bridgehead atoms. The van der Waals surface area contributed by atoms with Gasteiger partial charge in [-0.05, 0) is 31.8 Å². The molecule has 1 amide bonds. The summed E-state index contributed by atoms with van der Waals surface area (Å²) in [5, 5.41) is 0. The largest absolute Gasteiger partial charge is 0.476 e. The Bertz CT molecular complexity index is 1500. The number of carbonyl (C=O) groups excluding carboxylic acids is 1. The van der Waals surface area contributed by atoms with Crippen LogP contribution in [0.4, 0.5) is 19.0 Å². The Hall–Kier alpha value is -4.32. The van der Waals surface area contributed by atoms with Gasteiger partial charge < -0.3 is 14.2 Å². The second kappa shape index (κ2) is 10.4. The van der Waals surface area contributed by atoms with Crippen molar-refractivity contribution in [1.29, 1.82) is 0 Å². The van der Waals surface area contributed by atoms with Crippen molar-refractivity contribution in [3.8, 4) is 28.7 Å². The Morgan fingerprint density at radius 3 is 2.54 bits per heavy atom. The number of benzene rings is 1. The first-order chi connectivity index (χ1) is 18.6. The third-order valence-electron chi connectivity index (χ3n) is 6.25. The number of pyridine rings is 1. The van der Waals surface area contributed by atoms with E-state index in [0.29, 0.717) is 47.4 Å². The lowest BCUT2D eigenvalue weighted by Crippen LogP contribution is -2.26. The fourth-order valence-electron chi connectivity index (χ4n) is 4.24. The van der Waals surface area contributed by atoms with E-state index in [1.165, 1.54) is 11.6 Å². The smallest absolute Gasteiger partial charge is 0.434 e. The van der Waals surface area contributed by atoms with Crippen molar-refractivity contribution in [1.82, 2.24) is 29.4 Å². The summed E-state index contributed by atoms with van der Waals surface area (Å²) in [5.41, 5.74) is 1.72. The van der Waals surface area contributed by atoms with Crippen LogP contribution in [-0.2, 0) is 31.0 Å². The Morgan fingerprint density at radius 2 is 1.85 bits per heavy atom. The number of hydrogen-bond donors (Lipinski definition) is 0. The molecule has 1 aromatic carbocycles. The van der Waals surface area contributed by atoms with Crippen molar-refractivity contribution in [2.45, 2.75) is 19.1 Å². The molecule has 1 aliphatic heterocycles. The number of anilines is 1. The number of ether oxygens (including phenoxy) is 1. The monoisotopic (exact) mass is 537 g/mol. The van der Waals surface area contributed by atoms with Gasteiger partial charge in [0, 0.05) is 43.3 Å². The number of halogens is 3. The van der Waals surface area contributed by atoms with Gasteiger partial charge >= 0.3 is 6.18 Å². The van der Waals surface area contributed by atoms with Crippen molar-refractivity contribution < 1.29 is 22.7 Å². The van der Waals surface area contributed by atoms with E-state index in [1.807, 2.05) is 25.1 Å². The highest BCUT2D eigenvalue weighted by molar-refractivity contribution is 6.00. The van der Waals surface area contributed by atoms with Gasteiger partial charge in [-0.2, -0.15) is 13.2 Å². The van der Waals surface area contributed by atoms with E-state index in [4.69, 9.17) is 9.72 Å². The number of amides is 1. The lowest BCUT2D eigenvalue weighted by Gasteiger charge is -2.18. The van der Waals surface area contributed by atoms with Gasteiger partial charge in [-0.3, -0.25) is 9.69 Å². The van der Waals surface area contributed by atoms with Gasteiger partial charge in [0.25, 0.3) is 0 Å². The molecule has 0 saturated heterocycles. The SMILES string of the molecule is CN(C)CCOc1ncccc1-c1ncc2c(n1)N(Cc1ccc(-c3nc(C(F)(F)F)cn3C)cc1)C(=O)C2. The molecule has 39 heavy (non-hydrogen) atoms. The fraction of sp³-hybridized carbons (Fsp3) is 0.296. The lowest BCUT2D eigenvalue weighted by atomic mass is 10.1. The van der Waals surface area contributed by atoms with Crippen LogP contribution in [0.2, 0.25) is 0 Å². The predicted octanol–water partition coefficient (Wildman–Crippen LogP) is 3.99. The molecule has 0 fully saturated rings. The van der Waals surface area contributed by atoms with Crippen LogP contribution < -0.4 is 9.64 Å². The molecule has 0 spiro atoms. The van der Waals surface area contributed by atoms with E-state index in [-0.39, 0.29) is 24.7 Å². The average Bonchev–Trinajstić information content (AvgIpc) is 3.44. The number of rotatable bonds is 8. The molecule has 0 unspecified atom stereocenters.